The van der Waals surface area contributed by atoms with Crippen molar-refractivity contribution in [3.05, 3.63) is 45.3 Å². The van der Waals surface area contributed by atoms with Crippen LogP contribution >= 0.6 is 11.3 Å². The molecule has 3 rings (SSSR count). The van der Waals surface area contributed by atoms with Crippen LogP contribution in [0.15, 0.2) is 18.2 Å². The Kier molecular flexibility index (Phi) is 6.39. The molecule has 0 fully saturated rings. The number of rotatable bonds is 6. The SMILES string of the molecule is CCOC(=O)c1c(NC(=O)CNc2ccc(C)c(C)c2)sc2c1CC[C@@H](C)C2. The van der Waals surface area contributed by atoms with E-state index in [9.17, 15) is 9.59 Å². The molecule has 1 aromatic heterocycles. The Morgan fingerprint density at radius 2 is 2.04 bits per heavy atom. The molecular formula is C22H28N2O3S. The van der Waals surface area contributed by atoms with E-state index in [2.05, 4.69) is 24.5 Å². The average molecular weight is 401 g/mol. The van der Waals surface area contributed by atoms with Crippen LogP contribution < -0.4 is 10.6 Å². The van der Waals surface area contributed by atoms with Crippen molar-refractivity contribution in [2.24, 2.45) is 5.92 Å². The van der Waals surface area contributed by atoms with Crippen LogP contribution in [0.25, 0.3) is 0 Å². The van der Waals surface area contributed by atoms with Gasteiger partial charge in [0.05, 0.1) is 18.7 Å². The van der Waals surface area contributed by atoms with E-state index in [1.165, 1.54) is 27.3 Å². The molecule has 1 heterocycles. The third-order valence-corrected chi connectivity index (χ3v) is 6.37. The zero-order valence-electron chi connectivity index (χ0n) is 17.0. The molecule has 0 bridgehead atoms. The fourth-order valence-electron chi connectivity index (χ4n) is 3.46. The zero-order valence-corrected chi connectivity index (χ0v) is 17.8. The summed E-state index contributed by atoms with van der Waals surface area (Å²) in [6.45, 7) is 8.58. The topological polar surface area (TPSA) is 67.4 Å². The van der Waals surface area contributed by atoms with E-state index in [4.69, 9.17) is 4.74 Å². The van der Waals surface area contributed by atoms with Crippen LogP contribution in [0.5, 0.6) is 0 Å². The maximum atomic E-state index is 12.5. The van der Waals surface area contributed by atoms with Gasteiger partial charge in [-0.1, -0.05) is 13.0 Å². The minimum absolute atomic E-state index is 0.143. The summed E-state index contributed by atoms with van der Waals surface area (Å²) in [6.07, 6.45) is 2.86. The predicted molar refractivity (Wildman–Crippen MR) is 114 cm³/mol. The second-order valence-corrected chi connectivity index (χ2v) is 8.58. The van der Waals surface area contributed by atoms with E-state index in [1.54, 1.807) is 6.92 Å². The zero-order chi connectivity index (χ0) is 20.3. The molecule has 0 spiro atoms. The third kappa shape index (κ3) is 4.55. The molecule has 1 atom stereocenters. The Hall–Kier alpha value is -2.34. The normalized spacial score (nSPS) is 15.6. The number of fused-ring (bicyclic) bond motifs is 1. The van der Waals surface area contributed by atoms with Gasteiger partial charge in [-0.05, 0) is 74.8 Å². The van der Waals surface area contributed by atoms with Crippen molar-refractivity contribution in [3.63, 3.8) is 0 Å². The van der Waals surface area contributed by atoms with Gasteiger partial charge >= 0.3 is 5.97 Å². The van der Waals surface area contributed by atoms with Gasteiger partial charge in [0, 0.05) is 10.6 Å². The number of hydrogen-bond acceptors (Lipinski definition) is 5. The van der Waals surface area contributed by atoms with E-state index in [-0.39, 0.29) is 18.4 Å². The van der Waals surface area contributed by atoms with Gasteiger partial charge < -0.3 is 15.4 Å². The smallest absolute Gasteiger partial charge is 0.341 e. The third-order valence-electron chi connectivity index (χ3n) is 5.20. The van der Waals surface area contributed by atoms with Crippen molar-refractivity contribution in [2.45, 2.75) is 47.0 Å². The monoisotopic (exact) mass is 400 g/mol. The lowest BCUT2D eigenvalue weighted by Gasteiger charge is -2.18. The van der Waals surface area contributed by atoms with Gasteiger partial charge in [0.25, 0.3) is 0 Å². The van der Waals surface area contributed by atoms with Crippen LogP contribution in [-0.4, -0.2) is 25.0 Å². The number of ether oxygens (including phenoxy) is 1. The molecule has 0 aliphatic heterocycles. The summed E-state index contributed by atoms with van der Waals surface area (Å²) in [4.78, 5) is 26.3. The lowest BCUT2D eigenvalue weighted by atomic mass is 9.88. The number of anilines is 2. The number of carbonyl (C=O) groups excluding carboxylic acids is 2. The van der Waals surface area contributed by atoms with Crippen LogP contribution in [-0.2, 0) is 22.4 Å². The molecule has 6 heteroatoms. The largest absolute Gasteiger partial charge is 0.462 e. The number of carbonyl (C=O) groups is 2. The molecule has 0 unspecified atom stereocenters. The van der Waals surface area contributed by atoms with Crippen LogP contribution in [0.4, 0.5) is 10.7 Å². The number of hydrogen-bond donors (Lipinski definition) is 2. The second-order valence-electron chi connectivity index (χ2n) is 7.48. The van der Waals surface area contributed by atoms with Crippen LogP contribution in [0.1, 0.15) is 52.2 Å². The van der Waals surface area contributed by atoms with E-state index in [0.717, 1.165) is 30.5 Å². The molecule has 0 radical (unpaired) electrons. The first-order chi connectivity index (χ1) is 13.4. The Labute approximate surface area is 170 Å². The Morgan fingerprint density at radius 3 is 2.75 bits per heavy atom. The van der Waals surface area contributed by atoms with Gasteiger partial charge in [-0.2, -0.15) is 0 Å². The molecule has 1 aliphatic carbocycles. The van der Waals surface area contributed by atoms with Crippen LogP contribution in [0, 0.1) is 19.8 Å². The van der Waals surface area contributed by atoms with Crippen molar-refractivity contribution in [1.29, 1.82) is 0 Å². The van der Waals surface area contributed by atoms with Crippen LogP contribution in [0.2, 0.25) is 0 Å². The molecule has 0 saturated heterocycles. The molecule has 1 aliphatic rings. The highest BCUT2D eigenvalue weighted by molar-refractivity contribution is 7.17. The summed E-state index contributed by atoms with van der Waals surface area (Å²) >= 11 is 1.51. The van der Waals surface area contributed by atoms with Crippen molar-refractivity contribution < 1.29 is 14.3 Å². The van der Waals surface area contributed by atoms with Crippen molar-refractivity contribution in [2.75, 3.05) is 23.8 Å². The predicted octanol–water partition coefficient (Wildman–Crippen LogP) is 4.72. The molecule has 150 valence electrons. The van der Waals surface area contributed by atoms with Crippen LogP contribution in [0.3, 0.4) is 0 Å². The lowest BCUT2D eigenvalue weighted by molar-refractivity contribution is -0.114. The lowest BCUT2D eigenvalue weighted by Crippen LogP contribution is -2.22. The number of benzene rings is 1. The first-order valence-corrected chi connectivity index (χ1v) is 10.6. The number of aryl methyl sites for hydroxylation is 2. The molecule has 1 aromatic carbocycles. The summed E-state index contributed by atoms with van der Waals surface area (Å²) in [5, 5.41) is 6.70. The standard InChI is InChI=1S/C22H28N2O3S/c1-5-27-22(26)20-17-9-6-13(2)10-18(17)28-21(20)24-19(25)12-23-16-8-7-14(3)15(4)11-16/h7-8,11,13,23H,5-6,9-10,12H2,1-4H3,(H,24,25)/t13-/m1/s1. The van der Waals surface area contributed by atoms with Gasteiger partial charge in [-0.25, -0.2) is 4.79 Å². The van der Waals surface area contributed by atoms with Gasteiger partial charge in [-0.3, -0.25) is 4.79 Å². The Morgan fingerprint density at radius 1 is 1.25 bits per heavy atom. The number of thiophene rings is 1. The molecule has 28 heavy (non-hydrogen) atoms. The molecule has 2 N–H and O–H groups in total. The quantitative estimate of drug-likeness (QED) is 0.689. The van der Waals surface area contributed by atoms with E-state index < -0.39 is 0 Å². The van der Waals surface area contributed by atoms with Gasteiger partial charge in [0.1, 0.15) is 5.00 Å². The molecule has 5 nitrogen and oxygen atoms in total. The number of amides is 1. The maximum Gasteiger partial charge on any atom is 0.341 e. The molecule has 0 saturated carbocycles. The average Bonchev–Trinajstić information content (AvgIpc) is 2.99. The van der Waals surface area contributed by atoms with E-state index in [0.29, 0.717) is 23.1 Å². The Bertz CT molecular complexity index is 888. The highest BCUT2D eigenvalue weighted by Gasteiger charge is 2.29. The van der Waals surface area contributed by atoms with E-state index in [1.807, 2.05) is 25.1 Å². The first-order valence-electron chi connectivity index (χ1n) is 9.81. The number of nitrogens with one attached hydrogen (secondary N) is 2. The summed E-state index contributed by atoms with van der Waals surface area (Å²) in [5.41, 5.74) is 4.90. The molecular weight excluding hydrogens is 372 g/mol. The minimum atomic E-state index is -0.341. The molecule has 2 aromatic rings. The fraction of sp³-hybridized carbons (Fsp3) is 0.455. The summed E-state index contributed by atoms with van der Waals surface area (Å²) < 4.78 is 5.26. The second kappa shape index (κ2) is 8.78. The maximum absolute atomic E-state index is 12.5. The molecule has 1 amide bonds. The minimum Gasteiger partial charge on any atom is -0.462 e. The van der Waals surface area contributed by atoms with Crippen molar-refractivity contribution in [1.82, 2.24) is 0 Å². The highest BCUT2D eigenvalue weighted by Crippen LogP contribution is 2.40. The number of esters is 1. The van der Waals surface area contributed by atoms with Gasteiger partial charge in [0.2, 0.25) is 5.91 Å². The highest BCUT2D eigenvalue weighted by atomic mass is 32.1. The van der Waals surface area contributed by atoms with Crippen molar-refractivity contribution >= 4 is 33.9 Å². The van der Waals surface area contributed by atoms with E-state index >= 15 is 0 Å². The Balaban J connectivity index is 1.74. The fourth-order valence-corrected chi connectivity index (χ4v) is 4.88. The van der Waals surface area contributed by atoms with Gasteiger partial charge in [0.15, 0.2) is 0 Å². The van der Waals surface area contributed by atoms with Gasteiger partial charge in [-0.15, -0.1) is 11.3 Å². The van der Waals surface area contributed by atoms with Crippen molar-refractivity contribution in [3.8, 4) is 0 Å². The summed E-state index contributed by atoms with van der Waals surface area (Å²) in [5.74, 6) is 0.0820. The first kappa shape index (κ1) is 20.4. The summed E-state index contributed by atoms with van der Waals surface area (Å²) in [7, 11) is 0. The summed E-state index contributed by atoms with van der Waals surface area (Å²) in [6, 6.07) is 6.02.